The second kappa shape index (κ2) is 8.08. The van der Waals surface area contributed by atoms with Crippen molar-refractivity contribution in [3.63, 3.8) is 0 Å². The van der Waals surface area contributed by atoms with Crippen LogP contribution in [-0.2, 0) is 17.5 Å². The third kappa shape index (κ3) is 4.46. The van der Waals surface area contributed by atoms with Gasteiger partial charge in [0.1, 0.15) is 5.82 Å². The fourth-order valence-corrected chi connectivity index (χ4v) is 2.58. The third-order valence-electron chi connectivity index (χ3n) is 4.00. The molecule has 0 aliphatic heterocycles. The second-order valence-electron chi connectivity index (χ2n) is 5.87. The van der Waals surface area contributed by atoms with Gasteiger partial charge in [0.05, 0.1) is 11.3 Å². The third-order valence-corrected chi connectivity index (χ3v) is 4.00. The number of carbonyl (C=O) groups excluding carboxylic acids is 1. The molecule has 3 aromatic rings. The number of rotatable bonds is 6. The van der Waals surface area contributed by atoms with Crippen LogP contribution in [0.25, 0.3) is 0 Å². The Morgan fingerprint density at radius 3 is 2.29 bits per heavy atom. The lowest BCUT2D eigenvalue weighted by molar-refractivity contribution is -0.137. The van der Waals surface area contributed by atoms with E-state index in [0.717, 1.165) is 17.7 Å². The number of hydrogen-bond acceptors (Lipinski definition) is 3. The van der Waals surface area contributed by atoms with Gasteiger partial charge in [-0.25, -0.2) is 9.37 Å². The minimum Gasteiger partial charge on any atom is -0.364 e. The highest BCUT2D eigenvalue weighted by Crippen LogP contribution is 2.33. The quantitative estimate of drug-likeness (QED) is 0.469. The van der Waals surface area contributed by atoms with Crippen LogP contribution in [0.5, 0.6) is 0 Å². The lowest BCUT2D eigenvalue weighted by Gasteiger charge is -2.21. The summed E-state index contributed by atoms with van der Waals surface area (Å²) in [6.07, 6.45) is -2.43. The Labute approximate surface area is 158 Å². The number of carbonyl (C=O) groups is 1. The Kier molecular flexibility index (Phi) is 5.58. The summed E-state index contributed by atoms with van der Waals surface area (Å²) < 4.78 is 51.3. The van der Waals surface area contributed by atoms with Crippen molar-refractivity contribution in [2.24, 2.45) is 0 Å². The number of aromatic nitrogens is 1. The van der Waals surface area contributed by atoms with Gasteiger partial charge in [0, 0.05) is 18.4 Å². The predicted octanol–water partition coefficient (Wildman–Crippen LogP) is 5.15. The molecular weight excluding hydrogens is 374 g/mol. The average molecular weight is 389 g/mol. The van der Waals surface area contributed by atoms with Gasteiger partial charge >= 0.3 is 6.18 Å². The highest BCUT2D eigenvalue weighted by atomic mass is 19.4. The van der Waals surface area contributed by atoms with E-state index in [0.29, 0.717) is 24.5 Å². The molecule has 0 spiro atoms. The lowest BCUT2D eigenvalue weighted by Crippen LogP contribution is -2.17. The van der Waals surface area contributed by atoms with Gasteiger partial charge in [-0.2, -0.15) is 13.2 Å². The monoisotopic (exact) mass is 389 g/mol. The number of halogens is 4. The van der Waals surface area contributed by atoms with E-state index in [1.165, 1.54) is 35.4 Å². The Morgan fingerprint density at radius 2 is 1.68 bits per heavy atom. The molecule has 0 unspecified atom stereocenters. The second-order valence-corrected chi connectivity index (χ2v) is 5.87. The van der Waals surface area contributed by atoms with Crippen LogP contribution in [-0.4, -0.2) is 11.4 Å². The molecule has 2 aromatic carbocycles. The summed E-state index contributed by atoms with van der Waals surface area (Å²) in [7, 11) is 0. The van der Waals surface area contributed by atoms with Crippen molar-refractivity contribution in [1.29, 1.82) is 0 Å². The topological polar surface area (TPSA) is 45.2 Å². The number of anilines is 3. The number of amides is 1. The zero-order chi connectivity index (χ0) is 20.1. The van der Waals surface area contributed by atoms with E-state index in [1.807, 2.05) is 0 Å². The zero-order valence-electron chi connectivity index (χ0n) is 14.4. The molecule has 0 aliphatic rings. The molecule has 0 saturated carbocycles. The zero-order valence-corrected chi connectivity index (χ0v) is 14.4. The summed E-state index contributed by atoms with van der Waals surface area (Å²) in [5.74, 6) is 0.00975. The summed E-state index contributed by atoms with van der Waals surface area (Å²) in [5.41, 5.74) is 0.633. The molecule has 1 amide bonds. The summed E-state index contributed by atoms with van der Waals surface area (Å²) >= 11 is 0. The average Bonchev–Trinajstić information content (AvgIpc) is 2.69. The summed E-state index contributed by atoms with van der Waals surface area (Å²) in [6.45, 7) is 0.323. The molecule has 1 N–H and O–H groups in total. The highest BCUT2D eigenvalue weighted by Gasteiger charge is 2.30. The first-order valence-electron chi connectivity index (χ1n) is 8.23. The molecule has 0 bridgehead atoms. The van der Waals surface area contributed by atoms with Crippen LogP contribution in [0.3, 0.4) is 0 Å². The highest BCUT2D eigenvalue weighted by molar-refractivity contribution is 5.90. The smallest absolute Gasteiger partial charge is 0.364 e. The van der Waals surface area contributed by atoms with Crippen molar-refractivity contribution in [3.05, 3.63) is 83.8 Å². The maximum atomic E-state index is 13.0. The Balaban J connectivity index is 1.85. The van der Waals surface area contributed by atoms with Crippen molar-refractivity contribution in [2.45, 2.75) is 12.7 Å². The molecule has 28 heavy (non-hydrogen) atoms. The van der Waals surface area contributed by atoms with Gasteiger partial charge in [-0.05, 0) is 54.1 Å². The van der Waals surface area contributed by atoms with E-state index in [-0.39, 0.29) is 11.5 Å². The molecule has 0 fully saturated rings. The summed E-state index contributed by atoms with van der Waals surface area (Å²) in [6, 6.07) is 13.4. The van der Waals surface area contributed by atoms with E-state index < -0.39 is 11.7 Å². The number of nitrogens with one attached hydrogen (secondary N) is 1. The van der Waals surface area contributed by atoms with Crippen LogP contribution < -0.4 is 10.2 Å². The van der Waals surface area contributed by atoms with Gasteiger partial charge in [-0.1, -0.05) is 12.1 Å². The number of nitrogens with zero attached hydrogens (tertiary/aromatic N) is 2. The fraction of sp³-hybridized carbons (Fsp3) is 0.100. The van der Waals surface area contributed by atoms with Crippen LogP contribution >= 0.6 is 0 Å². The van der Waals surface area contributed by atoms with Crippen LogP contribution in [0.2, 0.25) is 0 Å². The standard InChI is InChI=1S/C20H15F4N3O/c21-16-7-3-14(4-8-16)12-26-19-18(2-1-11-25-19)27(13-28)17-9-5-15(6-10-17)20(22,23)24/h1-11,13H,12H2,(H,25,26). The molecule has 8 heteroatoms. The molecule has 0 aliphatic carbocycles. The van der Waals surface area contributed by atoms with E-state index in [1.54, 1.807) is 24.3 Å². The molecule has 144 valence electrons. The number of pyridine rings is 1. The number of benzene rings is 2. The van der Waals surface area contributed by atoms with Gasteiger partial charge < -0.3 is 5.32 Å². The first-order valence-corrected chi connectivity index (χ1v) is 8.23. The minimum absolute atomic E-state index is 0.265. The van der Waals surface area contributed by atoms with Crippen LogP contribution in [0.1, 0.15) is 11.1 Å². The van der Waals surface area contributed by atoms with Crippen molar-refractivity contribution in [2.75, 3.05) is 10.2 Å². The predicted molar refractivity (Wildman–Crippen MR) is 97.6 cm³/mol. The van der Waals surface area contributed by atoms with E-state index in [2.05, 4.69) is 10.3 Å². The van der Waals surface area contributed by atoms with Crippen molar-refractivity contribution < 1.29 is 22.4 Å². The van der Waals surface area contributed by atoms with E-state index in [4.69, 9.17) is 0 Å². The lowest BCUT2D eigenvalue weighted by atomic mass is 10.2. The van der Waals surface area contributed by atoms with Gasteiger partial charge in [0.15, 0.2) is 5.82 Å². The van der Waals surface area contributed by atoms with Crippen molar-refractivity contribution in [1.82, 2.24) is 4.98 Å². The number of hydrogen-bond donors (Lipinski definition) is 1. The van der Waals surface area contributed by atoms with Gasteiger partial charge in [0.2, 0.25) is 6.41 Å². The Bertz CT molecular complexity index is 941. The SMILES string of the molecule is O=CN(c1ccc(C(F)(F)F)cc1)c1cccnc1NCc1ccc(F)cc1. The van der Waals surface area contributed by atoms with E-state index >= 15 is 0 Å². The van der Waals surface area contributed by atoms with E-state index in [9.17, 15) is 22.4 Å². The van der Waals surface area contributed by atoms with Gasteiger partial charge in [-0.3, -0.25) is 9.69 Å². The molecule has 1 aromatic heterocycles. The fourth-order valence-electron chi connectivity index (χ4n) is 2.58. The maximum absolute atomic E-state index is 13.0. The summed E-state index contributed by atoms with van der Waals surface area (Å²) in [5, 5.41) is 3.06. The van der Waals surface area contributed by atoms with Crippen LogP contribution in [0, 0.1) is 5.82 Å². The molecule has 0 radical (unpaired) electrons. The normalized spacial score (nSPS) is 11.1. The Morgan fingerprint density at radius 1 is 1.00 bits per heavy atom. The summed E-state index contributed by atoms with van der Waals surface area (Å²) in [4.78, 5) is 17.0. The van der Waals surface area contributed by atoms with Crippen LogP contribution in [0.4, 0.5) is 34.8 Å². The maximum Gasteiger partial charge on any atom is 0.416 e. The van der Waals surface area contributed by atoms with Gasteiger partial charge in [-0.15, -0.1) is 0 Å². The first-order chi connectivity index (χ1) is 13.4. The molecule has 1 heterocycles. The van der Waals surface area contributed by atoms with Crippen molar-refractivity contribution >= 4 is 23.6 Å². The van der Waals surface area contributed by atoms with Crippen molar-refractivity contribution in [3.8, 4) is 0 Å². The number of alkyl halides is 3. The largest absolute Gasteiger partial charge is 0.416 e. The first kappa shape index (κ1) is 19.3. The van der Waals surface area contributed by atoms with Gasteiger partial charge in [0.25, 0.3) is 0 Å². The molecule has 4 nitrogen and oxygen atoms in total. The molecule has 3 rings (SSSR count). The molecule has 0 atom stereocenters. The molecular formula is C20H15F4N3O. The minimum atomic E-state index is -4.46. The molecule has 0 saturated heterocycles. The Hall–Kier alpha value is -3.42. The van der Waals surface area contributed by atoms with Crippen LogP contribution in [0.15, 0.2) is 66.9 Å².